The third-order valence-electron chi connectivity index (χ3n) is 7.12. The molecular weight excluding hydrogens is 554 g/mol. The lowest BCUT2D eigenvalue weighted by molar-refractivity contribution is -0.110. The molecule has 1 amide bonds. The maximum atomic E-state index is 13.4. The average Bonchev–Trinajstić information content (AvgIpc) is 3.30. The molecule has 3 aliphatic rings. The molecule has 40 heavy (non-hydrogen) atoms. The lowest BCUT2D eigenvalue weighted by atomic mass is 10.1. The third-order valence-corrected chi connectivity index (χ3v) is 10.3. The monoisotopic (exact) mass is 585 g/mol. The Morgan fingerprint density at radius 2 is 1.90 bits per heavy atom. The summed E-state index contributed by atoms with van der Waals surface area (Å²) < 4.78 is 36.4. The Morgan fingerprint density at radius 3 is 2.62 bits per heavy atom. The molecule has 2 aromatic heterocycles. The van der Waals surface area contributed by atoms with Crippen molar-refractivity contribution in [2.45, 2.75) is 48.4 Å². The number of thiazole rings is 1. The van der Waals surface area contributed by atoms with Gasteiger partial charge in [0.2, 0.25) is 5.88 Å². The van der Waals surface area contributed by atoms with Crippen molar-refractivity contribution in [3.8, 4) is 5.88 Å². The van der Waals surface area contributed by atoms with Crippen LogP contribution in [0.3, 0.4) is 0 Å². The first kappa shape index (κ1) is 27.1. The molecule has 0 bridgehead atoms. The number of hydrogen-bond donors (Lipinski definition) is 1. The lowest BCUT2D eigenvalue weighted by Crippen LogP contribution is -2.25. The minimum Gasteiger partial charge on any atom is -0.476 e. The second-order valence-electron chi connectivity index (χ2n) is 10.1. The molecule has 6 rings (SSSR count). The van der Waals surface area contributed by atoms with Gasteiger partial charge in [0.1, 0.15) is 17.0 Å². The molecule has 1 aliphatic carbocycles. The molecule has 1 atom stereocenters. The lowest BCUT2D eigenvalue weighted by Gasteiger charge is -2.14. The molecule has 0 radical (unpaired) electrons. The van der Waals surface area contributed by atoms with Crippen molar-refractivity contribution in [3.05, 3.63) is 42.0 Å². The third kappa shape index (κ3) is 6.27. The van der Waals surface area contributed by atoms with Crippen molar-refractivity contribution in [2.75, 3.05) is 44.8 Å². The van der Waals surface area contributed by atoms with E-state index >= 15 is 0 Å². The Hall–Kier alpha value is -3.13. The summed E-state index contributed by atoms with van der Waals surface area (Å²) in [5, 5.41) is 6.99. The summed E-state index contributed by atoms with van der Waals surface area (Å²) in [7, 11) is -3.35. The first-order valence-electron chi connectivity index (χ1n) is 13.6. The van der Waals surface area contributed by atoms with Crippen LogP contribution in [0.1, 0.15) is 37.7 Å². The highest BCUT2D eigenvalue weighted by atomic mass is 32.2. The normalized spacial score (nSPS) is 20.2. The van der Waals surface area contributed by atoms with Gasteiger partial charge < -0.3 is 14.3 Å². The fourth-order valence-corrected chi connectivity index (χ4v) is 7.18. The molecule has 2 saturated heterocycles. The van der Waals surface area contributed by atoms with E-state index in [2.05, 4.69) is 25.3 Å². The zero-order chi connectivity index (χ0) is 27.5. The summed E-state index contributed by atoms with van der Waals surface area (Å²) in [6.45, 7) is 4.62. The molecule has 3 fully saturated rings. The Morgan fingerprint density at radius 1 is 1.10 bits per heavy atom. The molecule has 3 aromatic rings. The summed E-state index contributed by atoms with van der Waals surface area (Å²) in [5.74, 6) is -0.0123. The van der Waals surface area contributed by atoms with Crippen LogP contribution in [-0.2, 0) is 24.2 Å². The van der Waals surface area contributed by atoms with Gasteiger partial charge in [-0.2, -0.15) is 0 Å². The van der Waals surface area contributed by atoms with Gasteiger partial charge in [-0.05, 0) is 57.0 Å². The van der Waals surface area contributed by atoms with E-state index in [0.717, 1.165) is 19.6 Å². The zero-order valence-electron chi connectivity index (χ0n) is 22.0. The number of carbonyl (C=O) groups excluding carboxylic acids is 1. The van der Waals surface area contributed by atoms with Gasteiger partial charge in [-0.3, -0.25) is 15.0 Å². The average molecular weight is 586 g/mol. The van der Waals surface area contributed by atoms with Crippen LogP contribution >= 0.6 is 11.3 Å². The van der Waals surface area contributed by atoms with Gasteiger partial charge >= 0.3 is 0 Å². The molecular formula is C27H31N5O6S2. The summed E-state index contributed by atoms with van der Waals surface area (Å²) in [4.78, 5) is 31.3. The van der Waals surface area contributed by atoms with Crippen molar-refractivity contribution in [3.63, 3.8) is 0 Å². The molecule has 0 spiro atoms. The van der Waals surface area contributed by atoms with Gasteiger partial charge in [-0.25, -0.2) is 18.4 Å². The van der Waals surface area contributed by atoms with Crippen LogP contribution in [0.4, 0.5) is 5.13 Å². The number of hydrogen-bond acceptors (Lipinski definition) is 11. The Bertz CT molecular complexity index is 1490. The van der Waals surface area contributed by atoms with Gasteiger partial charge in [0, 0.05) is 24.6 Å². The van der Waals surface area contributed by atoms with E-state index in [1.165, 1.54) is 36.3 Å². The van der Waals surface area contributed by atoms with Gasteiger partial charge in [0.15, 0.2) is 26.8 Å². The SMILES string of the molecule is O=C(Nc1nc2ccc(OCCN3CCCC3)nc2s1)C(=NO[C@@H]1CCOC1)c1ccc(S(=O)(=O)C2CC2)cc1. The minimum absolute atomic E-state index is 0.0143. The second kappa shape index (κ2) is 11.8. The van der Waals surface area contributed by atoms with Crippen molar-refractivity contribution < 1.29 is 27.5 Å². The van der Waals surface area contributed by atoms with E-state index in [4.69, 9.17) is 14.3 Å². The van der Waals surface area contributed by atoms with Gasteiger partial charge in [0.25, 0.3) is 5.91 Å². The molecule has 13 heteroatoms. The number of rotatable bonds is 11. The van der Waals surface area contributed by atoms with Gasteiger partial charge in [0.05, 0.1) is 23.4 Å². The fourth-order valence-electron chi connectivity index (χ4n) is 4.70. The number of amides is 1. The highest BCUT2D eigenvalue weighted by molar-refractivity contribution is 7.92. The first-order valence-corrected chi connectivity index (χ1v) is 15.9. The van der Waals surface area contributed by atoms with Crippen molar-refractivity contribution in [2.24, 2.45) is 5.16 Å². The number of fused-ring (bicyclic) bond motifs is 1. The van der Waals surface area contributed by atoms with E-state index in [1.807, 2.05) is 6.07 Å². The van der Waals surface area contributed by atoms with Crippen LogP contribution in [0.25, 0.3) is 10.3 Å². The van der Waals surface area contributed by atoms with E-state index in [-0.39, 0.29) is 22.0 Å². The number of oxime groups is 1. The van der Waals surface area contributed by atoms with Crippen LogP contribution in [0.2, 0.25) is 0 Å². The van der Waals surface area contributed by atoms with E-state index in [9.17, 15) is 13.2 Å². The molecule has 1 aromatic carbocycles. The van der Waals surface area contributed by atoms with Crippen LogP contribution in [-0.4, -0.2) is 85.7 Å². The number of carbonyl (C=O) groups is 1. The number of likely N-dealkylation sites (tertiary alicyclic amines) is 1. The molecule has 2 aliphatic heterocycles. The smallest absolute Gasteiger partial charge is 0.280 e. The standard InChI is InChI=1S/C27H31N5O6S2/c33-25(30-27-28-22-9-10-23(29-26(22)39-27)37-16-14-32-12-1-2-13-32)24(31-38-19-11-15-36-17-19)18-3-5-20(6-4-18)40(34,35)21-7-8-21/h3-6,9-10,19,21H,1-2,7-8,11-17H2,(H,28,30,33)/t19-/m1/s1. The molecule has 1 saturated carbocycles. The number of nitrogens with one attached hydrogen (secondary N) is 1. The number of pyridine rings is 1. The van der Waals surface area contributed by atoms with Crippen molar-refractivity contribution in [1.82, 2.24) is 14.9 Å². The van der Waals surface area contributed by atoms with Crippen LogP contribution in [0, 0.1) is 0 Å². The predicted octanol–water partition coefficient (Wildman–Crippen LogP) is 3.25. The number of nitrogens with zero attached hydrogens (tertiary/aromatic N) is 4. The first-order chi connectivity index (χ1) is 19.5. The van der Waals surface area contributed by atoms with Crippen LogP contribution in [0.5, 0.6) is 5.88 Å². The number of aromatic nitrogens is 2. The fraction of sp³-hybridized carbons (Fsp3) is 0.481. The predicted molar refractivity (Wildman–Crippen MR) is 151 cm³/mol. The number of ether oxygens (including phenoxy) is 2. The van der Waals surface area contributed by atoms with E-state index in [0.29, 0.717) is 66.0 Å². The Labute approximate surface area is 236 Å². The number of sulfone groups is 1. The Balaban J connectivity index is 1.17. The summed E-state index contributed by atoms with van der Waals surface area (Å²) in [6.07, 6.45) is 4.25. The van der Waals surface area contributed by atoms with E-state index < -0.39 is 15.7 Å². The Kier molecular flexibility index (Phi) is 7.96. The summed E-state index contributed by atoms with van der Waals surface area (Å²) in [5.41, 5.74) is 1.08. The molecule has 1 N–H and O–H groups in total. The molecule has 11 nitrogen and oxygen atoms in total. The molecule has 4 heterocycles. The van der Waals surface area contributed by atoms with Crippen molar-refractivity contribution in [1.29, 1.82) is 0 Å². The second-order valence-corrected chi connectivity index (χ2v) is 13.3. The molecule has 0 unspecified atom stereocenters. The van der Waals surface area contributed by atoms with Gasteiger partial charge in [-0.1, -0.05) is 28.6 Å². The minimum atomic E-state index is -3.35. The summed E-state index contributed by atoms with van der Waals surface area (Å²) in [6, 6.07) is 9.77. The number of anilines is 1. The topological polar surface area (TPSA) is 132 Å². The maximum absolute atomic E-state index is 13.4. The van der Waals surface area contributed by atoms with Crippen molar-refractivity contribution >= 4 is 48.3 Å². The highest BCUT2D eigenvalue weighted by Gasteiger charge is 2.37. The maximum Gasteiger partial charge on any atom is 0.280 e. The highest BCUT2D eigenvalue weighted by Crippen LogP contribution is 2.33. The van der Waals surface area contributed by atoms with Crippen LogP contribution in [0.15, 0.2) is 46.4 Å². The van der Waals surface area contributed by atoms with Gasteiger partial charge in [-0.15, -0.1) is 0 Å². The largest absolute Gasteiger partial charge is 0.476 e. The molecule has 212 valence electrons. The number of benzene rings is 1. The van der Waals surface area contributed by atoms with Crippen LogP contribution < -0.4 is 10.1 Å². The quantitative estimate of drug-likeness (QED) is 0.266. The van der Waals surface area contributed by atoms with E-state index in [1.54, 1.807) is 18.2 Å². The summed E-state index contributed by atoms with van der Waals surface area (Å²) >= 11 is 1.23. The zero-order valence-corrected chi connectivity index (χ0v) is 23.6.